The monoisotopic (exact) mass is 143 g/mol. The number of carbonyl (C=O) groups is 1. The summed E-state index contributed by atoms with van der Waals surface area (Å²) >= 11 is 0. The van der Waals surface area contributed by atoms with Gasteiger partial charge in [-0.2, -0.15) is 0 Å². The van der Waals surface area contributed by atoms with Crippen molar-refractivity contribution in [1.82, 2.24) is 0 Å². The Morgan fingerprint density at radius 1 is 1.50 bits per heavy atom. The average Bonchev–Trinajstić information content (AvgIpc) is 1.99. The van der Waals surface area contributed by atoms with Gasteiger partial charge in [0, 0.05) is 6.42 Å². The number of hydrogen-bond acceptors (Lipinski definition) is 3. The molecule has 3 heteroatoms. The minimum atomic E-state index is -0.0654. The van der Waals surface area contributed by atoms with Gasteiger partial charge in [0.1, 0.15) is 5.71 Å². The highest BCUT2D eigenvalue weighted by Gasteiger charge is 2.07. The summed E-state index contributed by atoms with van der Waals surface area (Å²) in [5, 5.41) is 11.2. The van der Waals surface area contributed by atoms with Crippen molar-refractivity contribution in [2.75, 3.05) is 0 Å². The van der Waals surface area contributed by atoms with E-state index in [4.69, 9.17) is 5.21 Å². The van der Waals surface area contributed by atoms with Gasteiger partial charge >= 0.3 is 0 Å². The summed E-state index contributed by atoms with van der Waals surface area (Å²) in [6.07, 6.45) is 1.83. The summed E-state index contributed by atoms with van der Waals surface area (Å²) < 4.78 is 0. The van der Waals surface area contributed by atoms with Crippen LogP contribution in [0.15, 0.2) is 5.16 Å². The van der Waals surface area contributed by atoms with Crippen LogP contribution in [0, 0.1) is 0 Å². The Hall–Kier alpha value is -0.860. The van der Waals surface area contributed by atoms with Gasteiger partial charge in [-0.05, 0) is 6.42 Å². The van der Waals surface area contributed by atoms with Crippen LogP contribution in [0.2, 0.25) is 0 Å². The molecule has 0 aromatic carbocycles. The number of hydrogen-bond donors (Lipinski definition) is 1. The number of nitrogens with zero attached hydrogens (tertiary/aromatic N) is 1. The van der Waals surface area contributed by atoms with Gasteiger partial charge in [-0.15, -0.1) is 0 Å². The number of rotatable bonds is 4. The third kappa shape index (κ3) is 2.62. The van der Waals surface area contributed by atoms with E-state index in [1.165, 1.54) is 0 Å². The molecule has 3 nitrogen and oxygen atoms in total. The summed E-state index contributed by atoms with van der Waals surface area (Å²) in [6.45, 7) is 3.69. The van der Waals surface area contributed by atoms with Crippen molar-refractivity contribution in [1.29, 1.82) is 0 Å². The molecule has 0 saturated heterocycles. The fourth-order valence-electron chi connectivity index (χ4n) is 0.686. The van der Waals surface area contributed by atoms with Gasteiger partial charge in [-0.25, -0.2) is 0 Å². The molecule has 0 heterocycles. The van der Waals surface area contributed by atoms with Gasteiger partial charge in [0.05, 0.1) is 0 Å². The number of ketones is 1. The minimum Gasteiger partial charge on any atom is -0.411 e. The molecule has 0 aliphatic heterocycles. The Balaban J connectivity index is 3.95. The number of Topliss-reactive ketones (excluding diaryl/α,β-unsaturated/α-hetero) is 1. The van der Waals surface area contributed by atoms with E-state index in [9.17, 15) is 4.79 Å². The van der Waals surface area contributed by atoms with Gasteiger partial charge in [0.15, 0.2) is 5.78 Å². The van der Waals surface area contributed by atoms with Crippen LogP contribution in [0.25, 0.3) is 0 Å². The normalized spacial score (nSPS) is 11.6. The smallest absolute Gasteiger partial charge is 0.180 e. The number of carbonyl (C=O) groups excluding carboxylic acids is 1. The zero-order chi connectivity index (χ0) is 7.98. The molecule has 0 bridgehead atoms. The molecule has 10 heavy (non-hydrogen) atoms. The standard InChI is InChI=1S/C7H13NO2/c1-3-5-6(8-10)7(9)4-2/h10H,3-5H2,1-2H3. The summed E-state index contributed by atoms with van der Waals surface area (Å²) in [5.41, 5.74) is 0.296. The van der Waals surface area contributed by atoms with Crippen molar-refractivity contribution >= 4 is 11.5 Å². The third-order valence-corrected chi connectivity index (χ3v) is 1.25. The zero-order valence-corrected chi connectivity index (χ0v) is 6.42. The van der Waals surface area contributed by atoms with Crippen molar-refractivity contribution in [2.45, 2.75) is 33.1 Å². The zero-order valence-electron chi connectivity index (χ0n) is 6.42. The predicted molar refractivity (Wildman–Crippen MR) is 39.4 cm³/mol. The van der Waals surface area contributed by atoms with E-state index in [0.717, 1.165) is 6.42 Å². The SMILES string of the molecule is CCCC(=NO)C(=O)CC. The molecule has 0 fully saturated rings. The Kier molecular flexibility index (Phi) is 4.54. The van der Waals surface area contributed by atoms with E-state index in [-0.39, 0.29) is 5.78 Å². The minimum absolute atomic E-state index is 0.0654. The van der Waals surface area contributed by atoms with Crippen molar-refractivity contribution < 1.29 is 10.0 Å². The fourth-order valence-corrected chi connectivity index (χ4v) is 0.686. The quantitative estimate of drug-likeness (QED) is 0.369. The van der Waals surface area contributed by atoms with Crippen molar-refractivity contribution in [3.05, 3.63) is 0 Å². The summed E-state index contributed by atoms with van der Waals surface area (Å²) in [4.78, 5) is 10.8. The van der Waals surface area contributed by atoms with Crippen LogP contribution >= 0.6 is 0 Å². The number of oxime groups is 1. The molecule has 1 N–H and O–H groups in total. The molecule has 0 aliphatic carbocycles. The molecule has 0 atom stereocenters. The highest BCUT2D eigenvalue weighted by molar-refractivity contribution is 6.39. The second-order valence-corrected chi connectivity index (χ2v) is 2.07. The molecule has 0 radical (unpaired) electrons. The topological polar surface area (TPSA) is 49.7 Å². The summed E-state index contributed by atoms with van der Waals surface area (Å²) in [6, 6.07) is 0. The van der Waals surface area contributed by atoms with Gasteiger partial charge in [0.2, 0.25) is 0 Å². The van der Waals surface area contributed by atoms with Crippen LogP contribution in [-0.2, 0) is 4.79 Å². The molecule has 0 amide bonds. The summed E-state index contributed by atoms with van der Waals surface area (Å²) in [7, 11) is 0. The molecule has 0 saturated carbocycles. The second-order valence-electron chi connectivity index (χ2n) is 2.07. The molecule has 58 valence electrons. The highest BCUT2D eigenvalue weighted by Crippen LogP contribution is 1.95. The van der Waals surface area contributed by atoms with Gasteiger partial charge in [-0.3, -0.25) is 4.79 Å². The van der Waals surface area contributed by atoms with Crippen LogP contribution in [0.3, 0.4) is 0 Å². The second kappa shape index (κ2) is 4.97. The van der Waals surface area contributed by atoms with Crippen molar-refractivity contribution in [3.8, 4) is 0 Å². The first-order chi connectivity index (χ1) is 4.76. The maximum absolute atomic E-state index is 10.8. The molecule has 0 spiro atoms. The Bertz CT molecular complexity index is 141. The first-order valence-electron chi connectivity index (χ1n) is 3.50. The maximum Gasteiger partial charge on any atom is 0.180 e. The third-order valence-electron chi connectivity index (χ3n) is 1.25. The van der Waals surface area contributed by atoms with E-state index in [2.05, 4.69) is 5.16 Å². The van der Waals surface area contributed by atoms with Gasteiger partial charge < -0.3 is 5.21 Å². The lowest BCUT2D eigenvalue weighted by atomic mass is 10.1. The van der Waals surface area contributed by atoms with Crippen LogP contribution in [0.1, 0.15) is 33.1 Å². The van der Waals surface area contributed by atoms with Gasteiger partial charge in [-0.1, -0.05) is 25.4 Å². The largest absolute Gasteiger partial charge is 0.411 e. The highest BCUT2D eigenvalue weighted by atomic mass is 16.4. The Labute approximate surface area is 60.7 Å². The van der Waals surface area contributed by atoms with Crippen LogP contribution in [0.4, 0.5) is 0 Å². The van der Waals surface area contributed by atoms with Crippen molar-refractivity contribution in [3.63, 3.8) is 0 Å². The molecule has 0 aromatic rings. The van der Waals surface area contributed by atoms with Crippen LogP contribution in [-0.4, -0.2) is 16.7 Å². The summed E-state index contributed by atoms with van der Waals surface area (Å²) in [5.74, 6) is -0.0654. The first kappa shape index (κ1) is 9.14. The first-order valence-corrected chi connectivity index (χ1v) is 3.50. The van der Waals surface area contributed by atoms with Gasteiger partial charge in [0.25, 0.3) is 0 Å². The molecular formula is C7H13NO2. The lowest BCUT2D eigenvalue weighted by Crippen LogP contribution is -2.12. The molecular weight excluding hydrogens is 130 g/mol. The Morgan fingerprint density at radius 3 is 2.40 bits per heavy atom. The molecule has 0 unspecified atom stereocenters. The van der Waals surface area contributed by atoms with Crippen LogP contribution < -0.4 is 0 Å². The molecule has 0 aromatic heterocycles. The molecule has 0 aliphatic rings. The Morgan fingerprint density at radius 2 is 2.10 bits per heavy atom. The van der Waals surface area contributed by atoms with E-state index in [0.29, 0.717) is 18.6 Å². The maximum atomic E-state index is 10.8. The average molecular weight is 143 g/mol. The fraction of sp³-hybridized carbons (Fsp3) is 0.714. The van der Waals surface area contributed by atoms with Crippen LogP contribution in [0.5, 0.6) is 0 Å². The lowest BCUT2D eigenvalue weighted by Gasteiger charge is -1.96. The van der Waals surface area contributed by atoms with E-state index < -0.39 is 0 Å². The van der Waals surface area contributed by atoms with Crippen molar-refractivity contribution in [2.24, 2.45) is 5.16 Å². The van der Waals surface area contributed by atoms with E-state index in [1.807, 2.05) is 6.92 Å². The van der Waals surface area contributed by atoms with E-state index in [1.54, 1.807) is 6.92 Å². The predicted octanol–water partition coefficient (Wildman–Crippen LogP) is 1.60. The molecule has 0 rings (SSSR count). The van der Waals surface area contributed by atoms with E-state index >= 15 is 0 Å². The lowest BCUT2D eigenvalue weighted by molar-refractivity contribution is -0.112.